The molecule has 4 heteroatoms. The molecule has 29 heavy (non-hydrogen) atoms. The molecule has 0 aliphatic carbocycles. The predicted octanol–water partition coefficient (Wildman–Crippen LogP) is 5.77. The number of hydrogen-bond donors (Lipinski definition) is 1. The van der Waals surface area contributed by atoms with Gasteiger partial charge in [-0.1, -0.05) is 72.3 Å². The van der Waals surface area contributed by atoms with E-state index in [1.165, 1.54) is 4.90 Å². The lowest BCUT2D eigenvalue weighted by molar-refractivity contribution is -0.130. The number of thioether (sulfide) groups is 1. The van der Waals surface area contributed by atoms with E-state index in [-0.39, 0.29) is 17.7 Å². The second-order valence-corrected chi connectivity index (χ2v) is 8.10. The SMILES string of the molecule is CSc1ccc(CN2C(=O)C(O)=C(c3ccc(C)cc3)[C@H]2c2ccccc2)cc1. The highest BCUT2D eigenvalue weighted by molar-refractivity contribution is 7.98. The smallest absolute Gasteiger partial charge is 0.290 e. The molecule has 0 fully saturated rings. The lowest BCUT2D eigenvalue weighted by Gasteiger charge is -2.27. The normalized spacial score (nSPS) is 16.6. The molecule has 1 amide bonds. The molecule has 1 N–H and O–H groups in total. The molecular formula is C25H23NO2S. The highest BCUT2D eigenvalue weighted by Crippen LogP contribution is 2.43. The Morgan fingerprint density at radius 3 is 2.21 bits per heavy atom. The molecule has 0 bridgehead atoms. The van der Waals surface area contributed by atoms with Crippen LogP contribution in [0.2, 0.25) is 0 Å². The number of carbonyl (C=O) groups is 1. The zero-order valence-corrected chi connectivity index (χ0v) is 17.3. The zero-order valence-electron chi connectivity index (χ0n) is 16.5. The van der Waals surface area contributed by atoms with E-state index in [4.69, 9.17) is 0 Å². The van der Waals surface area contributed by atoms with Crippen molar-refractivity contribution in [1.29, 1.82) is 0 Å². The standard InChI is InChI=1S/C25H23NO2S/c1-17-8-12-19(13-9-17)22-23(20-6-4-3-5-7-20)26(25(28)24(22)27)16-18-10-14-21(29-2)15-11-18/h3-15,23,27H,16H2,1-2H3/t23-/m1/s1. The van der Waals surface area contributed by atoms with Gasteiger partial charge < -0.3 is 10.0 Å². The summed E-state index contributed by atoms with van der Waals surface area (Å²) >= 11 is 1.69. The third-order valence-corrected chi connectivity index (χ3v) is 6.04. The van der Waals surface area contributed by atoms with Gasteiger partial charge in [-0.05, 0) is 42.0 Å². The summed E-state index contributed by atoms with van der Waals surface area (Å²) in [5.41, 5.74) is 4.70. The van der Waals surface area contributed by atoms with Crippen molar-refractivity contribution in [3.8, 4) is 0 Å². The van der Waals surface area contributed by atoms with Crippen LogP contribution in [0, 0.1) is 6.92 Å². The van der Waals surface area contributed by atoms with Crippen LogP contribution in [0.3, 0.4) is 0 Å². The molecular weight excluding hydrogens is 378 g/mol. The van der Waals surface area contributed by atoms with Crippen LogP contribution in [-0.2, 0) is 11.3 Å². The average Bonchev–Trinajstić information content (AvgIpc) is 3.00. The summed E-state index contributed by atoms with van der Waals surface area (Å²) in [4.78, 5) is 16.0. The summed E-state index contributed by atoms with van der Waals surface area (Å²) in [6.07, 6.45) is 2.04. The molecule has 0 unspecified atom stereocenters. The fourth-order valence-corrected chi connectivity index (χ4v) is 4.16. The third-order valence-electron chi connectivity index (χ3n) is 5.29. The molecule has 0 spiro atoms. The highest BCUT2D eigenvalue weighted by Gasteiger charge is 2.40. The summed E-state index contributed by atoms with van der Waals surface area (Å²) in [6, 6.07) is 25.7. The topological polar surface area (TPSA) is 40.5 Å². The molecule has 3 nitrogen and oxygen atoms in total. The van der Waals surface area contributed by atoms with Crippen LogP contribution >= 0.6 is 11.8 Å². The van der Waals surface area contributed by atoms with Gasteiger partial charge in [0.25, 0.3) is 5.91 Å². The molecule has 1 atom stereocenters. The maximum absolute atomic E-state index is 13.1. The van der Waals surface area contributed by atoms with Gasteiger partial charge in [0.05, 0.1) is 6.04 Å². The third kappa shape index (κ3) is 3.81. The van der Waals surface area contributed by atoms with Gasteiger partial charge in [0.15, 0.2) is 5.76 Å². The van der Waals surface area contributed by atoms with E-state index in [0.717, 1.165) is 22.3 Å². The molecule has 1 aliphatic rings. The van der Waals surface area contributed by atoms with Crippen molar-refractivity contribution < 1.29 is 9.90 Å². The Balaban J connectivity index is 1.76. The van der Waals surface area contributed by atoms with Gasteiger partial charge in [-0.2, -0.15) is 0 Å². The minimum absolute atomic E-state index is 0.163. The largest absolute Gasteiger partial charge is 0.503 e. The number of carbonyl (C=O) groups excluding carboxylic acids is 1. The summed E-state index contributed by atoms with van der Waals surface area (Å²) < 4.78 is 0. The van der Waals surface area contributed by atoms with Crippen LogP contribution in [-0.4, -0.2) is 22.2 Å². The van der Waals surface area contributed by atoms with Crippen molar-refractivity contribution in [2.45, 2.75) is 24.4 Å². The Bertz CT molecular complexity index is 1040. The van der Waals surface area contributed by atoms with Crippen molar-refractivity contribution in [1.82, 2.24) is 4.90 Å². The number of aliphatic hydroxyl groups is 1. The first kappa shape index (κ1) is 19.3. The fraction of sp³-hybridized carbons (Fsp3) is 0.160. The van der Waals surface area contributed by atoms with Crippen molar-refractivity contribution in [2.75, 3.05) is 6.26 Å². The monoisotopic (exact) mass is 401 g/mol. The molecule has 4 rings (SSSR count). The number of hydrogen-bond acceptors (Lipinski definition) is 3. The number of rotatable bonds is 5. The first-order valence-electron chi connectivity index (χ1n) is 9.57. The predicted molar refractivity (Wildman–Crippen MR) is 119 cm³/mol. The van der Waals surface area contributed by atoms with Crippen molar-refractivity contribution >= 4 is 23.2 Å². The van der Waals surface area contributed by atoms with E-state index < -0.39 is 0 Å². The molecule has 1 aliphatic heterocycles. The summed E-state index contributed by atoms with van der Waals surface area (Å²) in [6.45, 7) is 2.46. The molecule has 3 aromatic carbocycles. The van der Waals surface area contributed by atoms with E-state index in [9.17, 15) is 9.90 Å². The number of benzene rings is 3. The maximum atomic E-state index is 13.1. The Kier molecular flexibility index (Phi) is 5.45. The maximum Gasteiger partial charge on any atom is 0.290 e. The molecule has 0 aromatic heterocycles. The fourth-order valence-electron chi connectivity index (χ4n) is 3.75. The quantitative estimate of drug-likeness (QED) is 0.552. The van der Waals surface area contributed by atoms with Crippen molar-refractivity contribution in [3.05, 3.63) is 107 Å². The average molecular weight is 402 g/mol. The minimum atomic E-state index is -0.330. The lowest BCUT2D eigenvalue weighted by Crippen LogP contribution is -2.29. The van der Waals surface area contributed by atoms with Crippen LogP contribution < -0.4 is 0 Å². The van der Waals surface area contributed by atoms with E-state index in [2.05, 4.69) is 12.1 Å². The van der Waals surface area contributed by atoms with Crippen molar-refractivity contribution in [2.24, 2.45) is 0 Å². The second kappa shape index (κ2) is 8.18. The van der Waals surface area contributed by atoms with Gasteiger partial charge in [-0.3, -0.25) is 4.79 Å². The van der Waals surface area contributed by atoms with E-state index in [0.29, 0.717) is 12.1 Å². The first-order valence-corrected chi connectivity index (χ1v) is 10.8. The van der Waals surface area contributed by atoms with Crippen LogP contribution in [0.4, 0.5) is 0 Å². The second-order valence-electron chi connectivity index (χ2n) is 7.22. The number of aryl methyl sites for hydroxylation is 1. The zero-order chi connectivity index (χ0) is 20.4. The molecule has 0 saturated carbocycles. The number of aliphatic hydroxyl groups excluding tert-OH is 1. The number of amides is 1. The van der Waals surface area contributed by atoms with Crippen LogP contribution in [0.15, 0.2) is 89.5 Å². The summed E-state index contributed by atoms with van der Waals surface area (Å²) in [5, 5.41) is 10.8. The van der Waals surface area contributed by atoms with E-state index >= 15 is 0 Å². The Morgan fingerprint density at radius 1 is 0.931 bits per heavy atom. The molecule has 1 heterocycles. The van der Waals surface area contributed by atoms with Gasteiger partial charge in [-0.15, -0.1) is 11.8 Å². The van der Waals surface area contributed by atoms with Crippen LogP contribution in [0.25, 0.3) is 5.57 Å². The Morgan fingerprint density at radius 2 is 1.59 bits per heavy atom. The van der Waals surface area contributed by atoms with Gasteiger partial charge in [0.2, 0.25) is 0 Å². The van der Waals surface area contributed by atoms with E-state index in [1.54, 1.807) is 16.7 Å². The Hall–Kier alpha value is -2.98. The molecule has 0 saturated heterocycles. The van der Waals surface area contributed by atoms with E-state index in [1.807, 2.05) is 79.9 Å². The van der Waals surface area contributed by atoms with Crippen LogP contribution in [0.1, 0.15) is 28.3 Å². The number of nitrogens with zero attached hydrogens (tertiary/aromatic N) is 1. The highest BCUT2D eigenvalue weighted by atomic mass is 32.2. The molecule has 146 valence electrons. The van der Waals surface area contributed by atoms with Gasteiger partial charge in [-0.25, -0.2) is 0 Å². The first-order chi connectivity index (χ1) is 14.1. The van der Waals surface area contributed by atoms with Gasteiger partial charge in [0.1, 0.15) is 0 Å². The molecule has 0 radical (unpaired) electrons. The summed E-state index contributed by atoms with van der Waals surface area (Å²) in [5.74, 6) is -0.494. The van der Waals surface area contributed by atoms with Crippen LogP contribution in [0.5, 0.6) is 0 Å². The minimum Gasteiger partial charge on any atom is -0.503 e. The van der Waals surface area contributed by atoms with Gasteiger partial charge >= 0.3 is 0 Å². The summed E-state index contributed by atoms with van der Waals surface area (Å²) in [7, 11) is 0. The van der Waals surface area contributed by atoms with Crippen molar-refractivity contribution in [3.63, 3.8) is 0 Å². The Labute approximate surface area is 175 Å². The van der Waals surface area contributed by atoms with Gasteiger partial charge in [0, 0.05) is 17.0 Å². The lowest BCUT2D eigenvalue weighted by atomic mass is 9.93. The molecule has 3 aromatic rings.